The van der Waals surface area contributed by atoms with E-state index in [4.69, 9.17) is 5.26 Å². The SMILES string of the molecule is COc1c(F)cc(C(C)C#N)c(O)c1F. The molecule has 0 fully saturated rings. The molecule has 0 aliphatic rings. The second-order valence-electron chi connectivity index (χ2n) is 2.99. The zero-order valence-electron chi connectivity index (χ0n) is 8.21. The molecule has 15 heavy (non-hydrogen) atoms. The van der Waals surface area contributed by atoms with Gasteiger partial charge in [-0.2, -0.15) is 9.65 Å². The van der Waals surface area contributed by atoms with E-state index in [9.17, 15) is 13.9 Å². The largest absolute Gasteiger partial charge is 0.504 e. The summed E-state index contributed by atoms with van der Waals surface area (Å²) < 4.78 is 30.9. The maximum atomic E-state index is 13.3. The molecule has 0 saturated heterocycles. The molecule has 0 aliphatic heterocycles. The van der Waals surface area contributed by atoms with E-state index < -0.39 is 29.1 Å². The number of phenols is 1. The summed E-state index contributed by atoms with van der Waals surface area (Å²) in [5, 5.41) is 17.9. The molecule has 1 unspecified atom stereocenters. The molecule has 0 bridgehead atoms. The lowest BCUT2D eigenvalue weighted by molar-refractivity contribution is 0.339. The maximum absolute atomic E-state index is 13.3. The Labute approximate surface area is 85.5 Å². The van der Waals surface area contributed by atoms with E-state index in [0.29, 0.717) is 0 Å². The molecule has 1 aromatic carbocycles. The van der Waals surface area contributed by atoms with Gasteiger partial charge in [-0.15, -0.1) is 0 Å². The van der Waals surface area contributed by atoms with Crippen molar-refractivity contribution in [3.8, 4) is 17.6 Å². The van der Waals surface area contributed by atoms with Crippen molar-refractivity contribution in [2.75, 3.05) is 7.11 Å². The lowest BCUT2D eigenvalue weighted by Gasteiger charge is -2.10. The molecule has 80 valence electrons. The van der Waals surface area contributed by atoms with Crippen LogP contribution in [-0.4, -0.2) is 12.2 Å². The number of methoxy groups -OCH3 is 1. The van der Waals surface area contributed by atoms with Gasteiger partial charge in [0.15, 0.2) is 17.3 Å². The number of ether oxygens (including phenoxy) is 1. The van der Waals surface area contributed by atoms with Crippen molar-refractivity contribution in [2.45, 2.75) is 12.8 Å². The van der Waals surface area contributed by atoms with Gasteiger partial charge in [0.1, 0.15) is 0 Å². The third-order valence-corrected chi connectivity index (χ3v) is 2.04. The second-order valence-corrected chi connectivity index (χ2v) is 2.99. The van der Waals surface area contributed by atoms with Crippen LogP contribution in [0.15, 0.2) is 6.07 Å². The molecule has 5 heteroatoms. The fourth-order valence-electron chi connectivity index (χ4n) is 1.20. The molecule has 0 amide bonds. The number of nitriles is 1. The molecule has 0 heterocycles. The van der Waals surface area contributed by atoms with Crippen LogP contribution in [0.25, 0.3) is 0 Å². The molecule has 0 radical (unpaired) electrons. The number of halogens is 2. The number of aromatic hydroxyl groups is 1. The van der Waals surface area contributed by atoms with Crippen LogP contribution < -0.4 is 4.74 Å². The van der Waals surface area contributed by atoms with Crippen LogP contribution in [0.2, 0.25) is 0 Å². The van der Waals surface area contributed by atoms with Gasteiger partial charge in [0.25, 0.3) is 0 Å². The first-order valence-corrected chi connectivity index (χ1v) is 4.17. The number of nitrogens with zero attached hydrogens (tertiary/aromatic N) is 1. The molecular formula is C10H9F2NO2. The van der Waals surface area contributed by atoms with Gasteiger partial charge in [-0.25, -0.2) is 4.39 Å². The highest BCUT2D eigenvalue weighted by Gasteiger charge is 2.21. The Kier molecular flexibility index (Phi) is 3.10. The predicted molar refractivity (Wildman–Crippen MR) is 48.6 cm³/mol. The Balaban J connectivity index is 3.42. The highest BCUT2D eigenvalue weighted by molar-refractivity contribution is 5.45. The first-order chi connectivity index (χ1) is 7.02. The minimum atomic E-state index is -1.19. The first-order valence-electron chi connectivity index (χ1n) is 4.17. The van der Waals surface area contributed by atoms with Crippen molar-refractivity contribution in [3.63, 3.8) is 0 Å². The molecule has 0 spiro atoms. The minimum Gasteiger partial charge on any atom is -0.504 e. The fourth-order valence-corrected chi connectivity index (χ4v) is 1.20. The smallest absolute Gasteiger partial charge is 0.209 e. The quantitative estimate of drug-likeness (QED) is 0.820. The monoisotopic (exact) mass is 213 g/mol. The van der Waals surface area contributed by atoms with Gasteiger partial charge in [0, 0.05) is 5.56 Å². The fraction of sp³-hybridized carbons (Fsp3) is 0.300. The first kappa shape index (κ1) is 11.2. The van der Waals surface area contributed by atoms with Gasteiger partial charge in [0.2, 0.25) is 5.82 Å². The van der Waals surface area contributed by atoms with Crippen LogP contribution >= 0.6 is 0 Å². The molecule has 1 N–H and O–H groups in total. The molecule has 1 atom stereocenters. The summed E-state index contributed by atoms with van der Waals surface area (Å²) in [4.78, 5) is 0. The summed E-state index contributed by atoms with van der Waals surface area (Å²) in [5.74, 6) is -4.32. The Morgan fingerprint density at radius 2 is 2.13 bits per heavy atom. The molecular weight excluding hydrogens is 204 g/mol. The maximum Gasteiger partial charge on any atom is 0.209 e. The summed E-state index contributed by atoms with van der Waals surface area (Å²) in [6.45, 7) is 1.43. The van der Waals surface area contributed by atoms with Crippen molar-refractivity contribution in [2.24, 2.45) is 0 Å². The summed E-state index contributed by atoms with van der Waals surface area (Å²) >= 11 is 0. The van der Waals surface area contributed by atoms with Gasteiger partial charge in [-0.1, -0.05) is 0 Å². The van der Waals surface area contributed by atoms with Crippen molar-refractivity contribution >= 4 is 0 Å². The molecule has 3 nitrogen and oxygen atoms in total. The summed E-state index contributed by atoms with van der Waals surface area (Å²) in [5.41, 5.74) is -0.0895. The second kappa shape index (κ2) is 4.13. The Hall–Kier alpha value is -1.83. The predicted octanol–water partition coefficient (Wildman–Crippen LogP) is 2.31. The molecule has 0 saturated carbocycles. The zero-order valence-corrected chi connectivity index (χ0v) is 8.21. The van der Waals surface area contributed by atoms with Crippen LogP contribution in [0.5, 0.6) is 11.5 Å². The van der Waals surface area contributed by atoms with E-state index in [1.807, 2.05) is 0 Å². The van der Waals surface area contributed by atoms with Crippen molar-refractivity contribution in [3.05, 3.63) is 23.3 Å². The number of benzene rings is 1. The average Bonchev–Trinajstić information content (AvgIpc) is 2.23. The normalized spacial score (nSPS) is 11.9. The number of rotatable bonds is 2. The number of hydrogen-bond acceptors (Lipinski definition) is 3. The number of hydrogen-bond donors (Lipinski definition) is 1. The van der Waals surface area contributed by atoms with Crippen LogP contribution in [0.3, 0.4) is 0 Å². The lowest BCUT2D eigenvalue weighted by Crippen LogP contribution is -1.99. The van der Waals surface area contributed by atoms with Gasteiger partial charge >= 0.3 is 0 Å². The van der Waals surface area contributed by atoms with E-state index in [-0.39, 0.29) is 5.56 Å². The van der Waals surface area contributed by atoms with Crippen molar-refractivity contribution in [1.82, 2.24) is 0 Å². The van der Waals surface area contributed by atoms with Crippen LogP contribution in [0, 0.1) is 23.0 Å². The van der Waals surface area contributed by atoms with Gasteiger partial charge < -0.3 is 9.84 Å². The van der Waals surface area contributed by atoms with E-state index >= 15 is 0 Å². The topological polar surface area (TPSA) is 53.2 Å². The van der Waals surface area contributed by atoms with Crippen LogP contribution in [0.1, 0.15) is 18.4 Å². The van der Waals surface area contributed by atoms with Crippen LogP contribution in [-0.2, 0) is 0 Å². The molecule has 1 aromatic rings. The summed E-state index contributed by atoms with van der Waals surface area (Å²) in [6, 6.07) is 2.67. The van der Waals surface area contributed by atoms with E-state index in [1.54, 1.807) is 6.07 Å². The summed E-state index contributed by atoms with van der Waals surface area (Å²) in [6.07, 6.45) is 0. The van der Waals surface area contributed by atoms with Gasteiger partial charge in [-0.05, 0) is 13.0 Å². The average molecular weight is 213 g/mol. The van der Waals surface area contributed by atoms with Crippen molar-refractivity contribution in [1.29, 1.82) is 5.26 Å². The van der Waals surface area contributed by atoms with Gasteiger partial charge in [-0.3, -0.25) is 0 Å². The minimum absolute atomic E-state index is 0.0895. The molecule has 0 aliphatic carbocycles. The lowest BCUT2D eigenvalue weighted by atomic mass is 10.0. The third-order valence-electron chi connectivity index (χ3n) is 2.04. The van der Waals surface area contributed by atoms with Crippen LogP contribution in [0.4, 0.5) is 8.78 Å². The van der Waals surface area contributed by atoms with Crippen molar-refractivity contribution < 1.29 is 18.6 Å². The van der Waals surface area contributed by atoms with E-state index in [2.05, 4.69) is 4.74 Å². The highest BCUT2D eigenvalue weighted by atomic mass is 19.1. The summed E-state index contributed by atoms with van der Waals surface area (Å²) in [7, 11) is 1.09. The van der Waals surface area contributed by atoms with E-state index in [1.165, 1.54) is 6.92 Å². The van der Waals surface area contributed by atoms with E-state index in [0.717, 1.165) is 13.2 Å². The Bertz CT molecular complexity index is 426. The Morgan fingerprint density at radius 3 is 2.60 bits per heavy atom. The zero-order chi connectivity index (χ0) is 11.6. The van der Waals surface area contributed by atoms with Gasteiger partial charge in [0.05, 0.1) is 19.1 Å². The molecule has 0 aromatic heterocycles. The molecule has 1 rings (SSSR count). The Morgan fingerprint density at radius 1 is 1.53 bits per heavy atom. The number of phenolic OH excluding ortho intramolecular Hbond substituents is 1. The standard InChI is InChI=1S/C10H9F2NO2/c1-5(4-13)6-3-7(11)10(15-2)8(12)9(6)14/h3,5,14H,1-2H3. The highest BCUT2D eigenvalue weighted by Crippen LogP contribution is 2.35. The third kappa shape index (κ3) is 1.84.